The van der Waals surface area contributed by atoms with Crippen LogP contribution in [0.4, 0.5) is 5.69 Å². The van der Waals surface area contributed by atoms with Gasteiger partial charge in [0.25, 0.3) is 5.91 Å². The molecule has 20 heavy (non-hydrogen) atoms. The molecule has 0 saturated carbocycles. The van der Waals surface area contributed by atoms with Crippen LogP contribution >= 0.6 is 15.9 Å². The molecule has 2 rings (SSSR count). The van der Waals surface area contributed by atoms with Crippen molar-refractivity contribution in [3.05, 3.63) is 52.9 Å². The van der Waals surface area contributed by atoms with Crippen LogP contribution in [-0.2, 0) is 11.3 Å². The maximum Gasteiger partial charge on any atom is 0.282 e. The standard InChI is InChI=1S/C15H17BrN2O2/c1-11(18(2)10-14-4-3-9-20-14)15(19)17-13-7-5-12(16)6-8-13/h3-9,11H,10H2,1-2H3,(H,17,19)/p+1/t11-/m0/s1. The Kier molecular flexibility index (Phi) is 4.98. The van der Waals surface area contributed by atoms with Gasteiger partial charge in [0.1, 0.15) is 6.54 Å². The van der Waals surface area contributed by atoms with E-state index in [0.717, 1.165) is 20.8 Å². The highest BCUT2D eigenvalue weighted by atomic mass is 79.9. The van der Waals surface area contributed by atoms with E-state index in [1.807, 2.05) is 50.4 Å². The third-order valence-electron chi connectivity index (χ3n) is 3.28. The molecule has 2 atom stereocenters. The molecule has 0 aliphatic rings. The normalized spacial score (nSPS) is 13.8. The van der Waals surface area contributed by atoms with Crippen molar-refractivity contribution >= 4 is 27.5 Å². The number of anilines is 1. The second-order valence-electron chi connectivity index (χ2n) is 4.82. The van der Waals surface area contributed by atoms with E-state index in [2.05, 4.69) is 21.2 Å². The number of likely N-dealkylation sites (N-methyl/N-ethyl adjacent to an activating group) is 1. The fourth-order valence-corrected chi connectivity index (χ4v) is 2.11. The van der Waals surface area contributed by atoms with Crippen LogP contribution in [0.15, 0.2) is 51.6 Å². The first-order valence-electron chi connectivity index (χ1n) is 6.47. The second kappa shape index (κ2) is 6.72. The van der Waals surface area contributed by atoms with E-state index < -0.39 is 0 Å². The topological polar surface area (TPSA) is 46.7 Å². The average molecular weight is 338 g/mol. The zero-order valence-corrected chi connectivity index (χ0v) is 13.1. The molecule has 0 aliphatic carbocycles. The van der Waals surface area contributed by atoms with Crippen LogP contribution in [0.1, 0.15) is 12.7 Å². The second-order valence-corrected chi connectivity index (χ2v) is 5.74. The van der Waals surface area contributed by atoms with Crippen LogP contribution in [-0.4, -0.2) is 19.0 Å². The Bertz CT molecular complexity index is 552. The van der Waals surface area contributed by atoms with E-state index in [1.54, 1.807) is 6.26 Å². The van der Waals surface area contributed by atoms with Crippen LogP contribution in [0.2, 0.25) is 0 Å². The van der Waals surface area contributed by atoms with Crippen LogP contribution < -0.4 is 10.2 Å². The summed E-state index contributed by atoms with van der Waals surface area (Å²) >= 11 is 3.37. The maximum atomic E-state index is 12.2. The summed E-state index contributed by atoms with van der Waals surface area (Å²) in [4.78, 5) is 13.3. The Morgan fingerprint density at radius 1 is 1.35 bits per heavy atom. The first-order valence-corrected chi connectivity index (χ1v) is 7.26. The van der Waals surface area contributed by atoms with Crippen LogP contribution in [0.5, 0.6) is 0 Å². The molecule has 1 aromatic heterocycles. The maximum absolute atomic E-state index is 12.2. The summed E-state index contributed by atoms with van der Waals surface area (Å²) < 4.78 is 6.30. The van der Waals surface area contributed by atoms with Crippen molar-refractivity contribution in [1.29, 1.82) is 0 Å². The molecule has 106 valence electrons. The first-order chi connectivity index (χ1) is 9.56. The Labute approximate surface area is 126 Å². The zero-order valence-electron chi connectivity index (χ0n) is 11.5. The number of nitrogens with one attached hydrogen (secondary N) is 2. The third-order valence-corrected chi connectivity index (χ3v) is 3.81. The first kappa shape index (κ1) is 14.8. The minimum atomic E-state index is -0.163. The SMILES string of the molecule is C[C@@H](C(=O)Nc1ccc(Br)cc1)[NH+](C)Cc1ccco1. The predicted octanol–water partition coefficient (Wildman–Crippen LogP) is 2.08. The molecule has 0 radical (unpaired) electrons. The van der Waals surface area contributed by atoms with Gasteiger partial charge in [-0.1, -0.05) is 15.9 Å². The van der Waals surface area contributed by atoms with Crippen molar-refractivity contribution in [2.45, 2.75) is 19.5 Å². The lowest BCUT2D eigenvalue weighted by atomic mass is 10.2. The van der Waals surface area contributed by atoms with Gasteiger partial charge in [-0.05, 0) is 43.3 Å². The highest BCUT2D eigenvalue weighted by Crippen LogP contribution is 2.14. The van der Waals surface area contributed by atoms with Gasteiger partial charge in [0.15, 0.2) is 11.8 Å². The summed E-state index contributed by atoms with van der Waals surface area (Å²) in [5, 5.41) is 2.92. The lowest BCUT2D eigenvalue weighted by Crippen LogP contribution is -3.12. The molecule has 0 aliphatic heterocycles. The third kappa shape index (κ3) is 3.95. The summed E-state index contributed by atoms with van der Waals surface area (Å²) in [5.74, 6) is 0.877. The molecule has 4 nitrogen and oxygen atoms in total. The van der Waals surface area contributed by atoms with E-state index in [1.165, 1.54) is 0 Å². The van der Waals surface area contributed by atoms with Crippen LogP contribution in [0.25, 0.3) is 0 Å². The Morgan fingerprint density at radius 2 is 2.05 bits per heavy atom. The van der Waals surface area contributed by atoms with Gasteiger partial charge in [0.05, 0.1) is 13.3 Å². The Balaban J connectivity index is 1.92. The fraction of sp³-hybridized carbons (Fsp3) is 0.267. The zero-order chi connectivity index (χ0) is 14.5. The molecule has 2 N–H and O–H groups in total. The number of carbonyl (C=O) groups is 1. The van der Waals surface area contributed by atoms with Crippen molar-refractivity contribution < 1.29 is 14.1 Å². The lowest BCUT2D eigenvalue weighted by Gasteiger charge is -2.20. The Morgan fingerprint density at radius 3 is 2.65 bits per heavy atom. The molecule has 2 aromatic rings. The van der Waals surface area contributed by atoms with E-state index in [0.29, 0.717) is 6.54 Å². The highest BCUT2D eigenvalue weighted by Gasteiger charge is 2.22. The van der Waals surface area contributed by atoms with Crippen molar-refractivity contribution in [3.8, 4) is 0 Å². The Hall–Kier alpha value is -1.59. The van der Waals surface area contributed by atoms with Crippen molar-refractivity contribution in [2.24, 2.45) is 0 Å². The number of furan rings is 1. The van der Waals surface area contributed by atoms with E-state index in [-0.39, 0.29) is 11.9 Å². The summed E-state index contributed by atoms with van der Waals surface area (Å²) in [5.41, 5.74) is 0.802. The molecule has 1 aromatic carbocycles. The highest BCUT2D eigenvalue weighted by molar-refractivity contribution is 9.10. The summed E-state index contributed by atoms with van der Waals surface area (Å²) in [7, 11) is 1.98. The molecule has 1 amide bonds. The number of halogens is 1. The van der Waals surface area contributed by atoms with E-state index in [4.69, 9.17) is 4.42 Å². The van der Waals surface area contributed by atoms with Crippen molar-refractivity contribution in [3.63, 3.8) is 0 Å². The number of quaternary nitrogens is 1. The smallest absolute Gasteiger partial charge is 0.282 e. The van der Waals surface area contributed by atoms with Gasteiger partial charge in [-0.25, -0.2) is 0 Å². The molecule has 0 bridgehead atoms. The van der Waals surface area contributed by atoms with Gasteiger partial charge < -0.3 is 14.6 Å². The lowest BCUT2D eigenvalue weighted by molar-refractivity contribution is -0.908. The quantitative estimate of drug-likeness (QED) is 0.877. The number of benzene rings is 1. The number of amides is 1. The molecular weight excluding hydrogens is 320 g/mol. The van der Waals surface area contributed by atoms with E-state index in [9.17, 15) is 4.79 Å². The summed E-state index contributed by atoms with van der Waals surface area (Å²) in [6.07, 6.45) is 1.65. The molecule has 1 unspecified atom stereocenters. The molecule has 0 spiro atoms. The van der Waals surface area contributed by atoms with Crippen LogP contribution in [0, 0.1) is 0 Å². The predicted molar refractivity (Wildman–Crippen MR) is 81.5 cm³/mol. The largest absolute Gasteiger partial charge is 0.463 e. The van der Waals surface area contributed by atoms with Crippen molar-refractivity contribution in [1.82, 2.24) is 0 Å². The fourth-order valence-electron chi connectivity index (χ4n) is 1.85. The van der Waals surface area contributed by atoms with Gasteiger partial charge in [-0.2, -0.15) is 0 Å². The number of hydrogen-bond donors (Lipinski definition) is 2. The number of rotatable bonds is 5. The molecule has 5 heteroatoms. The van der Waals surface area contributed by atoms with Gasteiger partial charge in [0.2, 0.25) is 0 Å². The van der Waals surface area contributed by atoms with Gasteiger partial charge in [-0.15, -0.1) is 0 Å². The number of carbonyl (C=O) groups excluding carboxylic acids is 1. The van der Waals surface area contributed by atoms with Crippen molar-refractivity contribution in [2.75, 3.05) is 12.4 Å². The monoisotopic (exact) mass is 337 g/mol. The molecule has 1 heterocycles. The number of hydrogen-bond acceptors (Lipinski definition) is 2. The molecular formula is C15H18BrN2O2+. The summed E-state index contributed by atoms with van der Waals surface area (Å²) in [6, 6.07) is 11.2. The summed E-state index contributed by atoms with van der Waals surface area (Å²) in [6.45, 7) is 2.59. The van der Waals surface area contributed by atoms with E-state index >= 15 is 0 Å². The average Bonchev–Trinajstić information content (AvgIpc) is 2.93. The van der Waals surface area contributed by atoms with Gasteiger partial charge in [-0.3, -0.25) is 4.79 Å². The molecule has 0 fully saturated rings. The minimum absolute atomic E-state index is 0.00335. The van der Waals surface area contributed by atoms with Gasteiger partial charge in [0, 0.05) is 10.2 Å². The van der Waals surface area contributed by atoms with Gasteiger partial charge >= 0.3 is 0 Å². The van der Waals surface area contributed by atoms with Crippen LogP contribution in [0.3, 0.4) is 0 Å². The minimum Gasteiger partial charge on any atom is -0.463 e. The molecule has 0 saturated heterocycles.